The first-order valence-electron chi connectivity index (χ1n) is 12.7. The average molecular weight is 543 g/mol. The standard InChI is InChI=1S/C28H26N6O4S/c1-37-23-8-7-16(11-24(23)38-2)9-10-30-27(39)32-15-17-12-21(32)25-26(35)34(28(36)33(17)25)22-14-31-20(13-29)18-5-3-4-6-19(18)22/h3-8,11,14,17,21,25H,9-10,12,15H2,1-2H3,(H,30,39)/t17?,21?,25-/m1/s1. The van der Waals surface area contributed by atoms with Crippen molar-refractivity contribution in [3.05, 3.63) is 59.9 Å². The highest BCUT2D eigenvalue weighted by molar-refractivity contribution is 7.80. The van der Waals surface area contributed by atoms with Crippen LogP contribution in [0.5, 0.6) is 11.5 Å². The number of likely N-dealkylation sites (tertiary alicyclic amines) is 1. The van der Waals surface area contributed by atoms with Crippen LogP contribution < -0.4 is 19.7 Å². The van der Waals surface area contributed by atoms with Crippen molar-refractivity contribution in [3.8, 4) is 17.6 Å². The number of anilines is 1. The minimum atomic E-state index is -0.615. The summed E-state index contributed by atoms with van der Waals surface area (Å²) in [5.74, 6) is 1.06. The van der Waals surface area contributed by atoms with Gasteiger partial charge in [-0.3, -0.25) is 4.79 Å². The Kier molecular flexibility index (Phi) is 6.19. The van der Waals surface area contributed by atoms with E-state index in [1.807, 2.05) is 29.2 Å². The number of hydrogen-bond donors (Lipinski definition) is 1. The monoisotopic (exact) mass is 542 g/mol. The first kappa shape index (κ1) is 24.9. The number of aromatic nitrogens is 1. The van der Waals surface area contributed by atoms with Crippen LogP contribution in [-0.4, -0.2) is 77.3 Å². The van der Waals surface area contributed by atoms with Crippen molar-refractivity contribution in [2.75, 3.05) is 32.2 Å². The third-order valence-electron chi connectivity index (χ3n) is 7.78. The maximum atomic E-state index is 13.7. The summed E-state index contributed by atoms with van der Waals surface area (Å²) in [6.07, 6.45) is 2.86. The molecule has 3 atom stereocenters. The second-order valence-corrected chi connectivity index (χ2v) is 10.1. The number of urea groups is 1. The molecule has 0 spiro atoms. The minimum absolute atomic E-state index is 0.107. The van der Waals surface area contributed by atoms with Crippen molar-refractivity contribution in [3.63, 3.8) is 0 Å². The maximum Gasteiger partial charge on any atom is 0.332 e. The summed E-state index contributed by atoms with van der Waals surface area (Å²) < 4.78 is 10.7. The van der Waals surface area contributed by atoms with Crippen LogP contribution in [0, 0.1) is 11.3 Å². The lowest BCUT2D eigenvalue weighted by molar-refractivity contribution is -0.120. The van der Waals surface area contributed by atoms with Gasteiger partial charge in [0.15, 0.2) is 16.6 Å². The summed E-state index contributed by atoms with van der Waals surface area (Å²) >= 11 is 5.72. The van der Waals surface area contributed by atoms with E-state index in [-0.39, 0.29) is 29.7 Å². The second-order valence-electron chi connectivity index (χ2n) is 9.74. The van der Waals surface area contributed by atoms with E-state index >= 15 is 0 Å². The lowest BCUT2D eigenvalue weighted by Crippen LogP contribution is -2.57. The van der Waals surface area contributed by atoms with E-state index in [4.69, 9.17) is 21.7 Å². The van der Waals surface area contributed by atoms with Crippen molar-refractivity contribution in [2.45, 2.75) is 31.0 Å². The van der Waals surface area contributed by atoms with Crippen LogP contribution in [-0.2, 0) is 11.2 Å². The van der Waals surface area contributed by atoms with E-state index in [0.29, 0.717) is 52.6 Å². The Labute approximate surface area is 230 Å². The zero-order chi connectivity index (χ0) is 27.3. The number of pyridine rings is 1. The molecule has 198 valence electrons. The molecule has 2 aromatic carbocycles. The Morgan fingerprint density at radius 2 is 1.92 bits per heavy atom. The third-order valence-corrected chi connectivity index (χ3v) is 8.16. The quantitative estimate of drug-likeness (QED) is 0.371. The average Bonchev–Trinajstić information content (AvgIpc) is 3.63. The smallest absolute Gasteiger partial charge is 0.332 e. The maximum absolute atomic E-state index is 13.7. The normalized spacial score (nSPS) is 21.4. The molecule has 3 saturated heterocycles. The van der Waals surface area contributed by atoms with Gasteiger partial charge in [-0.2, -0.15) is 5.26 Å². The van der Waals surface area contributed by atoms with Gasteiger partial charge >= 0.3 is 6.03 Å². The van der Waals surface area contributed by atoms with Crippen LogP contribution in [0.3, 0.4) is 0 Å². The molecule has 3 aliphatic rings. The molecule has 11 heteroatoms. The number of piperazine rings is 1. The van der Waals surface area contributed by atoms with Gasteiger partial charge in [0.1, 0.15) is 17.8 Å². The van der Waals surface area contributed by atoms with Gasteiger partial charge in [0.25, 0.3) is 5.91 Å². The van der Waals surface area contributed by atoms with Gasteiger partial charge in [-0.25, -0.2) is 14.7 Å². The van der Waals surface area contributed by atoms with Gasteiger partial charge in [-0.1, -0.05) is 30.3 Å². The number of benzene rings is 2. The molecule has 3 aliphatic heterocycles. The summed E-state index contributed by atoms with van der Waals surface area (Å²) in [7, 11) is 3.21. The summed E-state index contributed by atoms with van der Waals surface area (Å²) in [5, 5.41) is 14.6. The van der Waals surface area contributed by atoms with Crippen LogP contribution in [0.15, 0.2) is 48.7 Å². The number of thiocarbonyl (C=S) groups is 1. The van der Waals surface area contributed by atoms with E-state index in [1.54, 1.807) is 37.3 Å². The molecule has 0 saturated carbocycles. The molecule has 10 nitrogen and oxygen atoms in total. The largest absolute Gasteiger partial charge is 0.493 e. The zero-order valence-corrected chi connectivity index (χ0v) is 22.3. The molecule has 2 unspecified atom stereocenters. The molecule has 39 heavy (non-hydrogen) atoms. The fraction of sp³-hybridized carbons (Fsp3) is 0.321. The molecular weight excluding hydrogens is 516 g/mol. The number of nitriles is 1. The molecule has 3 amide bonds. The molecule has 3 fully saturated rings. The Hall–Kier alpha value is -4.43. The van der Waals surface area contributed by atoms with Crippen LogP contribution in [0.1, 0.15) is 17.7 Å². The molecule has 1 N–H and O–H groups in total. The first-order valence-corrected chi connectivity index (χ1v) is 13.1. The van der Waals surface area contributed by atoms with E-state index in [0.717, 1.165) is 12.0 Å². The van der Waals surface area contributed by atoms with Gasteiger partial charge in [-0.15, -0.1) is 0 Å². The summed E-state index contributed by atoms with van der Waals surface area (Å²) in [4.78, 5) is 36.5. The third kappa shape index (κ3) is 3.90. The van der Waals surface area contributed by atoms with Crippen molar-refractivity contribution in [2.24, 2.45) is 0 Å². The summed E-state index contributed by atoms with van der Waals surface area (Å²) in [6.45, 7) is 1.18. The molecule has 0 aliphatic carbocycles. The number of fused-ring (bicyclic) bond motifs is 6. The Bertz CT molecular complexity index is 1550. The van der Waals surface area contributed by atoms with Crippen LogP contribution in [0.25, 0.3) is 10.8 Å². The van der Waals surface area contributed by atoms with Crippen molar-refractivity contribution >= 4 is 45.7 Å². The fourth-order valence-corrected chi connectivity index (χ4v) is 6.32. The number of carbonyl (C=O) groups excluding carboxylic acids is 2. The molecule has 2 bridgehead atoms. The number of carbonyl (C=O) groups is 2. The van der Waals surface area contributed by atoms with E-state index in [1.165, 1.54) is 11.1 Å². The second kappa shape index (κ2) is 9.71. The van der Waals surface area contributed by atoms with Gasteiger partial charge in [0, 0.05) is 23.9 Å². The number of methoxy groups -OCH3 is 2. The predicted molar refractivity (Wildman–Crippen MR) is 148 cm³/mol. The number of ether oxygens (including phenoxy) is 2. The highest BCUT2D eigenvalue weighted by Crippen LogP contribution is 2.43. The Morgan fingerprint density at radius 3 is 2.67 bits per heavy atom. The zero-order valence-electron chi connectivity index (χ0n) is 21.5. The number of imide groups is 1. The molecular formula is C28H26N6O4S. The van der Waals surface area contributed by atoms with Gasteiger partial charge in [0.2, 0.25) is 0 Å². The molecule has 4 heterocycles. The molecule has 1 aromatic heterocycles. The van der Waals surface area contributed by atoms with Crippen molar-refractivity contribution in [1.29, 1.82) is 5.26 Å². The van der Waals surface area contributed by atoms with Gasteiger partial charge in [-0.05, 0) is 42.8 Å². The predicted octanol–water partition coefficient (Wildman–Crippen LogP) is 2.83. The number of nitrogens with zero attached hydrogens (tertiary/aromatic N) is 5. The summed E-state index contributed by atoms with van der Waals surface area (Å²) in [5.41, 5.74) is 1.73. The van der Waals surface area contributed by atoms with E-state index in [9.17, 15) is 14.9 Å². The fourth-order valence-electron chi connectivity index (χ4n) is 6.01. The lowest BCUT2D eigenvalue weighted by Gasteiger charge is -2.36. The lowest BCUT2D eigenvalue weighted by atomic mass is 10.1. The Morgan fingerprint density at radius 1 is 1.15 bits per heavy atom. The molecule has 0 radical (unpaired) electrons. The summed E-state index contributed by atoms with van der Waals surface area (Å²) in [6, 6.07) is 13.8. The van der Waals surface area contributed by atoms with Crippen molar-refractivity contribution in [1.82, 2.24) is 20.1 Å². The SMILES string of the molecule is COc1ccc(CCNC(=S)N2CC3CC2[C@@H]2C(=O)N(c4cnc(C#N)c5ccccc45)C(=O)N32)cc1OC. The highest BCUT2D eigenvalue weighted by atomic mass is 32.1. The number of amides is 3. The first-order chi connectivity index (χ1) is 19.0. The number of nitrogens with one attached hydrogen (secondary N) is 1. The highest BCUT2D eigenvalue weighted by Gasteiger charge is 2.62. The minimum Gasteiger partial charge on any atom is -0.493 e. The van der Waals surface area contributed by atoms with E-state index in [2.05, 4.69) is 16.4 Å². The van der Waals surface area contributed by atoms with Gasteiger partial charge < -0.3 is 24.6 Å². The molecule has 3 aromatic rings. The van der Waals surface area contributed by atoms with Crippen molar-refractivity contribution < 1.29 is 19.1 Å². The number of rotatable bonds is 6. The van der Waals surface area contributed by atoms with Crippen LogP contribution >= 0.6 is 12.2 Å². The molecule has 6 rings (SSSR count). The Balaban J connectivity index is 1.17. The van der Waals surface area contributed by atoms with E-state index < -0.39 is 6.04 Å². The topological polar surface area (TPSA) is 111 Å². The van der Waals surface area contributed by atoms with Crippen LogP contribution in [0.2, 0.25) is 0 Å². The van der Waals surface area contributed by atoms with Gasteiger partial charge in [0.05, 0.1) is 38.2 Å². The van der Waals surface area contributed by atoms with Crippen LogP contribution in [0.4, 0.5) is 10.5 Å². The number of hydrogen-bond acceptors (Lipinski definition) is 7.